The standard InChI is InChI=1S/C24H16ClF4N3O3/c25-16-9-8-12(26)10-14(16)20-19-13(21(33)31-20)4-3-6-17(19)30-22(34)32-11-23(35,24(27,28)29)15-5-1-2-7-18(15)32/h1-10,20,35H,11H2,(H,30,34)(H,31,33)/t20-,23+/m1/s1. The molecule has 0 aromatic heterocycles. The summed E-state index contributed by atoms with van der Waals surface area (Å²) in [6.07, 6.45) is -5.03. The number of urea groups is 1. The molecule has 2 aliphatic heterocycles. The van der Waals surface area contributed by atoms with E-state index < -0.39 is 47.7 Å². The van der Waals surface area contributed by atoms with Gasteiger partial charge < -0.3 is 15.7 Å². The predicted molar refractivity (Wildman–Crippen MR) is 120 cm³/mol. The quantitative estimate of drug-likeness (QED) is 0.423. The van der Waals surface area contributed by atoms with Crippen LogP contribution in [0.25, 0.3) is 0 Å². The first-order valence-electron chi connectivity index (χ1n) is 10.4. The fourth-order valence-corrected chi connectivity index (χ4v) is 4.72. The number of amides is 3. The number of hydrogen-bond acceptors (Lipinski definition) is 3. The van der Waals surface area contributed by atoms with Crippen LogP contribution in [0.1, 0.15) is 33.1 Å². The number of β-amino-alcohol motifs (C(OH)–C–C–N with tert-alkyl or cyclic N) is 1. The highest BCUT2D eigenvalue weighted by atomic mass is 35.5. The number of hydrogen-bond donors (Lipinski definition) is 3. The van der Waals surface area contributed by atoms with Gasteiger partial charge in [0.05, 0.1) is 18.3 Å². The first-order valence-corrected chi connectivity index (χ1v) is 10.7. The van der Waals surface area contributed by atoms with E-state index in [2.05, 4.69) is 10.6 Å². The number of nitrogens with zero attached hydrogens (tertiary/aromatic N) is 1. The van der Waals surface area contributed by atoms with Crippen molar-refractivity contribution in [1.29, 1.82) is 0 Å². The lowest BCUT2D eigenvalue weighted by Crippen LogP contribution is -2.48. The second-order valence-electron chi connectivity index (χ2n) is 8.23. The van der Waals surface area contributed by atoms with Crippen molar-refractivity contribution in [3.05, 3.63) is 93.8 Å². The molecule has 3 aromatic rings. The second kappa shape index (κ2) is 7.96. The van der Waals surface area contributed by atoms with Gasteiger partial charge in [0.15, 0.2) is 0 Å². The zero-order valence-corrected chi connectivity index (χ0v) is 18.4. The number of alkyl halides is 3. The van der Waals surface area contributed by atoms with E-state index in [9.17, 15) is 32.3 Å². The highest BCUT2D eigenvalue weighted by Gasteiger charge is 2.61. The van der Waals surface area contributed by atoms with Gasteiger partial charge in [0, 0.05) is 33.0 Å². The maximum atomic E-state index is 13.9. The van der Waals surface area contributed by atoms with Crippen molar-refractivity contribution in [3.63, 3.8) is 0 Å². The van der Waals surface area contributed by atoms with Crippen LogP contribution in [-0.2, 0) is 5.60 Å². The van der Waals surface area contributed by atoms with Crippen molar-refractivity contribution >= 4 is 34.9 Å². The molecule has 0 saturated heterocycles. The average Bonchev–Trinajstić information content (AvgIpc) is 3.32. The van der Waals surface area contributed by atoms with Gasteiger partial charge in [-0.3, -0.25) is 9.69 Å². The SMILES string of the molecule is O=C1N[C@H](c2cc(F)ccc2Cl)c2c(NC(=O)N3C[C@@](O)(C(F)(F)F)c4ccccc43)cccc21. The van der Waals surface area contributed by atoms with E-state index in [0.29, 0.717) is 0 Å². The maximum Gasteiger partial charge on any atom is 0.423 e. The third kappa shape index (κ3) is 3.60. The van der Waals surface area contributed by atoms with E-state index in [4.69, 9.17) is 11.6 Å². The molecule has 0 radical (unpaired) electrons. The van der Waals surface area contributed by atoms with Crippen LogP contribution in [-0.4, -0.2) is 29.8 Å². The Labute approximate surface area is 201 Å². The van der Waals surface area contributed by atoms with Gasteiger partial charge in [-0.05, 0) is 36.4 Å². The topological polar surface area (TPSA) is 81.7 Å². The lowest BCUT2D eigenvalue weighted by Gasteiger charge is -2.27. The summed E-state index contributed by atoms with van der Waals surface area (Å²) in [7, 11) is 0. The first-order chi connectivity index (χ1) is 16.5. The van der Waals surface area contributed by atoms with Crippen LogP contribution < -0.4 is 15.5 Å². The van der Waals surface area contributed by atoms with Gasteiger partial charge in [-0.2, -0.15) is 13.2 Å². The minimum absolute atomic E-state index is 0.101. The minimum Gasteiger partial charge on any atom is -0.375 e. The van der Waals surface area contributed by atoms with Crippen molar-refractivity contribution in [1.82, 2.24) is 5.32 Å². The van der Waals surface area contributed by atoms with Gasteiger partial charge in [0.25, 0.3) is 5.91 Å². The first kappa shape index (κ1) is 23.1. The highest BCUT2D eigenvalue weighted by Crippen LogP contribution is 2.48. The zero-order chi connectivity index (χ0) is 25.1. The summed E-state index contributed by atoms with van der Waals surface area (Å²) in [4.78, 5) is 26.5. The third-order valence-corrected chi connectivity index (χ3v) is 6.51. The van der Waals surface area contributed by atoms with Crippen molar-refractivity contribution < 1.29 is 32.3 Å². The summed E-state index contributed by atoms with van der Waals surface area (Å²) in [6, 6.07) is 11.4. The van der Waals surface area contributed by atoms with E-state index in [1.807, 2.05) is 0 Å². The lowest BCUT2D eigenvalue weighted by molar-refractivity contribution is -0.258. The Bertz CT molecular complexity index is 1380. The molecule has 11 heteroatoms. The molecule has 0 aliphatic carbocycles. The average molecular weight is 506 g/mol. The third-order valence-electron chi connectivity index (χ3n) is 6.17. The van der Waals surface area contributed by atoms with Gasteiger partial charge in [0.2, 0.25) is 5.60 Å². The number of benzene rings is 3. The van der Waals surface area contributed by atoms with Crippen LogP contribution in [0.3, 0.4) is 0 Å². The van der Waals surface area contributed by atoms with Crippen LogP contribution in [0.5, 0.6) is 0 Å². The second-order valence-corrected chi connectivity index (χ2v) is 8.64. The molecular formula is C24H16ClF4N3O3. The molecule has 2 aliphatic rings. The van der Waals surface area contributed by atoms with E-state index in [1.54, 1.807) is 0 Å². The number of anilines is 2. The zero-order valence-electron chi connectivity index (χ0n) is 17.7. The molecule has 0 unspecified atom stereocenters. The molecule has 6 nitrogen and oxygen atoms in total. The number of carbonyl (C=O) groups excluding carboxylic acids is 2. The molecule has 3 N–H and O–H groups in total. The van der Waals surface area contributed by atoms with Gasteiger partial charge in [-0.25, -0.2) is 9.18 Å². The molecule has 0 spiro atoms. The molecule has 0 saturated carbocycles. The number of fused-ring (bicyclic) bond motifs is 2. The van der Waals surface area contributed by atoms with Crippen LogP contribution in [0.15, 0.2) is 60.7 Å². The summed E-state index contributed by atoms with van der Waals surface area (Å²) in [5, 5.41) is 15.9. The Morgan fingerprint density at radius 1 is 1.14 bits per heavy atom. The minimum atomic E-state index is -5.03. The van der Waals surface area contributed by atoms with Crippen LogP contribution in [0, 0.1) is 5.82 Å². The monoisotopic (exact) mass is 505 g/mol. The highest BCUT2D eigenvalue weighted by molar-refractivity contribution is 6.31. The Morgan fingerprint density at radius 3 is 2.63 bits per heavy atom. The summed E-state index contributed by atoms with van der Waals surface area (Å²) in [5.41, 5.74) is -2.93. The molecule has 5 rings (SSSR count). The largest absolute Gasteiger partial charge is 0.423 e. The van der Waals surface area contributed by atoms with Gasteiger partial charge in [-0.15, -0.1) is 0 Å². The number of nitrogens with one attached hydrogen (secondary N) is 2. The molecule has 2 heterocycles. The van der Waals surface area contributed by atoms with E-state index in [-0.39, 0.29) is 33.1 Å². The molecule has 0 bridgehead atoms. The molecule has 35 heavy (non-hydrogen) atoms. The summed E-state index contributed by atoms with van der Waals surface area (Å²) < 4.78 is 55.1. The lowest BCUT2D eigenvalue weighted by atomic mass is 9.96. The molecule has 3 aromatic carbocycles. The van der Waals surface area contributed by atoms with E-state index in [1.165, 1.54) is 42.5 Å². The van der Waals surface area contributed by atoms with E-state index in [0.717, 1.165) is 23.1 Å². The van der Waals surface area contributed by atoms with Crippen molar-refractivity contribution in [2.24, 2.45) is 0 Å². The van der Waals surface area contributed by atoms with E-state index >= 15 is 0 Å². The number of aliphatic hydroxyl groups is 1. The van der Waals surface area contributed by atoms with Crippen LogP contribution >= 0.6 is 11.6 Å². The molecule has 180 valence electrons. The van der Waals surface area contributed by atoms with Crippen molar-refractivity contribution in [2.75, 3.05) is 16.8 Å². The Balaban J connectivity index is 1.53. The predicted octanol–water partition coefficient (Wildman–Crippen LogP) is 5.11. The fraction of sp³-hybridized carbons (Fsp3) is 0.167. The van der Waals surface area contributed by atoms with Crippen LogP contribution in [0.4, 0.5) is 33.7 Å². The molecular weight excluding hydrogens is 490 g/mol. The summed E-state index contributed by atoms with van der Waals surface area (Å²) >= 11 is 6.23. The van der Waals surface area contributed by atoms with Gasteiger partial charge >= 0.3 is 12.2 Å². The summed E-state index contributed by atoms with van der Waals surface area (Å²) in [5.74, 6) is -1.08. The van der Waals surface area contributed by atoms with Crippen molar-refractivity contribution in [2.45, 2.75) is 17.8 Å². The van der Waals surface area contributed by atoms with Gasteiger partial charge in [0.1, 0.15) is 5.82 Å². The molecule has 2 atom stereocenters. The number of rotatable bonds is 2. The Kier molecular flexibility index (Phi) is 5.26. The normalized spacial score (nSPS) is 20.9. The van der Waals surface area contributed by atoms with Gasteiger partial charge in [-0.1, -0.05) is 35.9 Å². The number of carbonyl (C=O) groups is 2. The molecule has 3 amide bonds. The Morgan fingerprint density at radius 2 is 1.89 bits per heavy atom. The van der Waals surface area contributed by atoms with Crippen molar-refractivity contribution in [3.8, 4) is 0 Å². The Hall–Kier alpha value is -3.63. The fourth-order valence-electron chi connectivity index (χ4n) is 4.50. The van der Waals surface area contributed by atoms with Crippen LogP contribution in [0.2, 0.25) is 5.02 Å². The molecule has 0 fully saturated rings. The summed E-state index contributed by atoms with van der Waals surface area (Å²) in [6.45, 7) is -1.05. The smallest absolute Gasteiger partial charge is 0.375 e. The number of para-hydroxylation sites is 1. The number of halogens is 5. The maximum absolute atomic E-state index is 13.9.